The van der Waals surface area contributed by atoms with Crippen molar-refractivity contribution in [2.45, 2.75) is 25.7 Å². The molecular formula is C7H12N4O2S. The predicted octanol–water partition coefficient (Wildman–Crippen LogP) is 0.660. The number of tetrazole rings is 1. The average molecular weight is 216 g/mol. The van der Waals surface area contributed by atoms with E-state index in [-0.39, 0.29) is 6.04 Å². The molecule has 6 nitrogen and oxygen atoms in total. The van der Waals surface area contributed by atoms with E-state index in [1.807, 2.05) is 13.8 Å². The number of rotatable bonds is 1. The third-order valence-electron chi connectivity index (χ3n) is 2.11. The lowest BCUT2D eigenvalue weighted by Gasteiger charge is -2.34. The average Bonchev–Trinajstić information content (AvgIpc) is 2.52. The van der Waals surface area contributed by atoms with Crippen molar-refractivity contribution in [1.29, 1.82) is 0 Å². The van der Waals surface area contributed by atoms with Crippen molar-refractivity contribution >= 4 is 12.2 Å². The molecule has 0 radical (unpaired) electrons. The predicted molar refractivity (Wildman–Crippen MR) is 50.2 cm³/mol. The Labute approximate surface area is 86.2 Å². The van der Waals surface area contributed by atoms with Crippen molar-refractivity contribution in [3.05, 3.63) is 4.77 Å². The Morgan fingerprint density at radius 3 is 2.64 bits per heavy atom. The van der Waals surface area contributed by atoms with Crippen LogP contribution in [0.5, 0.6) is 0 Å². The standard InChI is InChI=1S/C7H12N4O2S/c1-7(2)12-3-5(4-13-7)11-6(14)8-9-10-11/h5H,3-4H2,1-2H3,(H,8,10,14). The molecule has 0 unspecified atom stereocenters. The highest BCUT2D eigenvalue weighted by Gasteiger charge is 2.29. The summed E-state index contributed by atoms with van der Waals surface area (Å²) in [5.41, 5.74) is 0. The summed E-state index contributed by atoms with van der Waals surface area (Å²) in [6.07, 6.45) is 0. The lowest BCUT2D eigenvalue weighted by molar-refractivity contribution is -0.259. The molecule has 7 heteroatoms. The summed E-state index contributed by atoms with van der Waals surface area (Å²) >= 11 is 4.97. The van der Waals surface area contributed by atoms with Crippen LogP contribution < -0.4 is 0 Å². The van der Waals surface area contributed by atoms with Gasteiger partial charge in [0.05, 0.1) is 13.2 Å². The largest absolute Gasteiger partial charge is 0.348 e. The number of H-pyrrole nitrogens is 1. The zero-order chi connectivity index (χ0) is 10.2. The van der Waals surface area contributed by atoms with Gasteiger partial charge < -0.3 is 9.47 Å². The first-order chi connectivity index (χ1) is 6.58. The molecule has 0 bridgehead atoms. The second-order valence-corrected chi connectivity index (χ2v) is 3.99. The molecule has 78 valence electrons. The Bertz CT molecular complexity index is 362. The lowest BCUT2D eigenvalue weighted by atomic mass is 10.2. The molecule has 0 aromatic carbocycles. The van der Waals surface area contributed by atoms with Crippen molar-refractivity contribution in [2.75, 3.05) is 13.2 Å². The van der Waals surface area contributed by atoms with Gasteiger partial charge in [-0.1, -0.05) is 10.3 Å². The normalized spacial score (nSPS) is 22.4. The van der Waals surface area contributed by atoms with Gasteiger partial charge in [-0.05, 0) is 26.1 Å². The van der Waals surface area contributed by atoms with Gasteiger partial charge in [0.2, 0.25) is 4.77 Å². The Hall–Kier alpha value is -0.790. The molecule has 0 saturated carbocycles. The monoisotopic (exact) mass is 216 g/mol. The summed E-state index contributed by atoms with van der Waals surface area (Å²) < 4.78 is 13.1. The molecule has 1 aromatic rings. The summed E-state index contributed by atoms with van der Waals surface area (Å²) in [5, 5.41) is 9.99. The van der Waals surface area contributed by atoms with E-state index in [0.717, 1.165) is 0 Å². The van der Waals surface area contributed by atoms with Crippen LogP contribution in [0.25, 0.3) is 0 Å². The minimum atomic E-state index is -0.508. The summed E-state index contributed by atoms with van der Waals surface area (Å²) in [6, 6.07) is 0.0329. The smallest absolute Gasteiger partial charge is 0.238 e. The zero-order valence-corrected chi connectivity index (χ0v) is 8.87. The topological polar surface area (TPSA) is 65.0 Å². The Kier molecular flexibility index (Phi) is 2.38. The first-order valence-electron chi connectivity index (χ1n) is 4.36. The highest BCUT2D eigenvalue weighted by atomic mass is 32.1. The molecular weight excluding hydrogens is 204 g/mol. The van der Waals surface area contributed by atoms with Crippen LogP contribution in [-0.4, -0.2) is 39.2 Å². The molecule has 2 rings (SSSR count). The maximum Gasteiger partial charge on any atom is 0.238 e. The number of hydrogen-bond acceptors (Lipinski definition) is 5. The van der Waals surface area contributed by atoms with E-state index in [9.17, 15) is 0 Å². The first kappa shape index (κ1) is 9.75. The van der Waals surface area contributed by atoms with Gasteiger partial charge in [0, 0.05) is 0 Å². The van der Waals surface area contributed by atoms with Gasteiger partial charge in [-0.3, -0.25) is 0 Å². The second kappa shape index (κ2) is 3.41. The molecule has 1 saturated heterocycles. The number of ether oxygens (including phenoxy) is 2. The number of nitrogens with one attached hydrogen (secondary N) is 1. The third-order valence-corrected chi connectivity index (χ3v) is 2.38. The quantitative estimate of drug-likeness (QED) is 0.699. The molecule has 1 aliphatic rings. The number of aromatic nitrogens is 4. The fourth-order valence-electron chi connectivity index (χ4n) is 1.27. The Balaban J connectivity index is 2.10. The van der Waals surface area contributed by atoms with E-state index in [4.69, 9.17) is 21.7 Å². The van der Waals surface area contributed by atoms with Crippen molar-refractivity contribution in [2.24, 2.45) is 0 Å². The summed E-state index contributed by atoms with van der Waals surface area (Å²) in [5.74, 6) is -0.508. The van der Waals surface area contributed by atoms with E-state index in [1.54, 1.807) is 4.68 Å². The Morgan fingerprint density at radius 1 is 1.50 bits per heavy atom. The summed E-state index contributed by atoms with van der Waals surface area (Å²) in [6.45, 7) is 4.86. The molecule has 0 aliphatic carbocycles. The van der Waals surface area contributed by atoms with E-state index < -0.39 is 5.79 Å². The van der Waals surface area contributed by atoms with Crippen molar-refractivity contribution < 1.29 is 9.47 Å². The van der Waals surface area contributed by atoms with Gasteiger partial charge in [0.15, 0.2) is 5.79 Å². The SMILES string of the molecule is CC1(C)OCC(n2[nH]nnc2=S)CO1. The van der Waals surface area contributed by atoms with Crippen LogP contribution in [0.4, 0.5) is 0 Å². The summed E-state index contributed by atoms with van der Waals surface area (Å²) in [7, 11) is 0. The van der Waals surface area contributed by atoms with Gasteiger partial charge >= 0.3 is 0 Å². The molecule has 14 heavy (non-hydrogen) atoms. The van der Waals surface area contributed by atoms with Crippen molar-refractivity contribution in [1.82, 2.24) is 20.2 Å². The van der Waals surface area contributed by atoms with Gasteiger partial charge in [0.1, 0.15) is 6.04 Å². The van der Waals surface area contributed by atoms with E-state index in [0.29, 0.717) is 18.0 Å². The van der Waals surface area contributed by atoms with Crippen molar-refractivity contribution in [3.63, 3.8) is 0 Å². The molecule has 1 fully saturated rings. The van der Waals surface area contributed by atoms with E-state index in [1.165, 1.54) is 0 Å². The molecule has 1 aliphatic heterocycles. The lowest BCUT2D eigenvalue weighted by Crippen LogP contribution is -2.40. The van der Waals surface area contributed by atoms with Crippen LogP contribution >= 0.6 is 12.2 Å². The highest BCUT2D eigenvalue weighted by molar-refractivity contribution is 7.71. The third kappa shape index (κ3) is 1.84. The summed E-state index contributed by atoms with van der Waals surface area (Å²) in [4.78, 5) is 0. The van der Waals surface area contributed by atoms with Gasteiger partial charge in [-0.15, -0.1) is 0 Å². The van der Waals surface area contributed by atoms with Crippen LogP contribution in [-0.2, 0) is 9.47 Å². The van der Waals surface area contributed by atoms with Crippen molar-refractivity contribution in [3.8, 4) is 0 Å². The number of hydrogen-bond donors (Lipinski definition) is 1. The van der Waals surface area contributed by atoms with E-state index >= 15 is 0 Å². The van der Waals surface area contributed by atoms with E-state index in [2.05, 4.69) is 15.5 Å². The fourth-order valence-corrected chi connectivity index (χ4v) is 1.51. The van der Waals surface area contributed by atoms with Crippen LogP contribution in [0.1, 0.15) is 19.9 Å². The molecule has 0 atom stereocenters. The Morgan fingerprint density at radius 2 is 2.14 bits per heavy atom. The van der Waals surface area contributed by atoms with Crippen LogP contribution in [0, 0.1) is 4.77 Å². The molecule has 0 spiro atoms. The maximum atomic E-state index is 5.49. The fraction of sp³-hybridized carbons (Fsp3) is 0.857. The molecule has 1 aromatic heterocycles. The minimum absolute atomic E-state index is 0.0329. The van der Waals surface area contributed by atoms with Gasteiger partial charge in [0.25, 0.3) is 0 Å². The first-order valence-corrected chi connectivity index (χ1v) is 4.77. The van der Waals surface area contributed by atoms with Gasteiger partial charge in [-0.2, -0.15) is 5.21 Å². The van der Waals surface area contributed by atoms with Gasteiger partial charge in [-0.25, -0.2) is 4.68 Å². The molecule has 1 N–H and O–H groups in total. The second-order valence-electron chi connectivity index (χ2n) is 3.63. The maximum absolute atomic E-state index is 5.49. The van der Waals surface area contributed by atoms with Crippen LogP contribution in [0.15, 0.2) is 0 Å². The zero-order valence-electron chi connectivity index (χ0n) is 8.06. The minimum Gasteiger partial charge on any atom is -0.348 e. The van der Waals surface area contributed by atoms with Crippen LogP contribution in [0.2, 0.25) is 0 Å². The molecule has 2 heterocycles. The number of aromatic amines is 1. The van der Waals surface area contributed by atoms with Crippen LogP contribution in [0.3, 0.4) is 0 Å². The molecule has 0 amide bonds. The highest BCUT2D eigenvalue weighted by Crippen LogP contribution is 2.22. The number of nitrogens with zero attached hydrogens (tertiary/aromatic N) is 3.